The molecule has 0 radical (unpaired) electrons. The summed E-state index contributed by atoms with van der Waals surface area (Å²) in [5.41, 5.74) is 5.43. The van der Waals surface area contributed by atoms with Crippen molar-refractivity contribution in [3.63, 3.8) is 0 Å². The number of carbonyl (C=O) groups excluding carboxylic acids is 1. The van der Waals surface area contributed by atoms with E-state index >= 15 is 0 Å². The third kappa shape index (κ3) is 3.51. The van der Waals surface area contributed by atoms with E-state index in [9.17, 15) is 18.0 Å². The molecule has 1 aromatic carbocycles. The first-order chi connectivity index (χ1) is 12.3. The van der Waals surface area contributed by atoms with Gasteiger partial charge in [-0.05, 0) is 17.7 Å². The summed E-state index contributed by atoms with van der Waals surface area (Å²) in [6, 6.07) is 5.78. The molecule has 3 rings (SSSR count). The maximum Gasteiger partial charge on any atom is 0.421 e. The van der Waals surface area contributed by atoms with Gasteiger partial charge in [-0.1, -0.05) is 12.1 Å². The summed E-state index contributed by atoms with van der Waals surface area (Å²) in [5, 5.41) is 0. The van der Waals surface area contributed by atoms with Crippen LogP contribution in [0.5, 0.6) is 11.6 Å². The molecule has 1 aliphatic rings. The van der Waals surface area contributed by atoms with Crippen molar-refractivity contribution in [1.29, 1.82) is 0 Å². The number of nitrogens with zero attached hydrogens (tertiary/aromatic N) is 1. The number of methoxy groups -OCH3 is 1. The molecule has 2 N–H and O–H groups in total. The Hall–Kier alpha value is -2.97. The summed E-state index contributed by atoms with van der Waals surface area (Å²) < 4.78 is 54.8. The number of hydrogen-bond acceptors (Lipinski definition) is 5. The normalized spacial score (nSPS) is 16.4. The predicted octanol–water partition coefficient (Wildman–Crippen LogP) is 3.69. The lowest BCUT2D eigenvalue weighted by atomic mass is 9.98. The third-order valence-electron chi connectivity index (χ3n) is 3.94. The van der Waals surface area contributed by atoms with Crippen LogP contribution in [-0.2, 0) is 10.9 Å². The molecule has 0 saturated heterocycles. The molecule has 1 unspecified atom stereocenters. The molecule has 1 amide bonds. The fourth-order valence-corrected chi connectivity index (χ4v) is 2.77. The first kappa shape index (κ1) is 17.8. The lowest BCUT2D eigenvalue weighted by Gasteiger charge is -2.25. The highest BCUT2D eigenvalue weighted by atomic mass is 19.4. The predicted molar refractivity (Wildman–Crippen MR) is 84.7 cm³/mol. The second-order valence-electron chi connectivity index (χ2n) is 5.59. The molecule has 2 heterocycles. The van der Waals surface area contributed by atoms with Crippen LogP contribution in [0.2, 0.25) is 0 Å². The molecule has 0 spiro atoms. The summed E-state index contributed by atoms with van der Waals surface area (Å²) in [4.78, 5) is 14.7. The minimum atomic E-state index is -4.60. The zero-order chi connectivity index (χ0) is 18.9. The van der Waals surface area contributed by atoms with Crippen LogP contribution in [0.3, 0.4) is 0 Å². The SMILES string of the molecule is COc1ncc(-c2ccc3c(c2)OCCC3OC(N)=O)cc1C(F)(F)F. The lowest BCUT2D eigenvalue weighted by Crippen LogP contribution is -2.22. The standard InChI is InChI=1S/C17H15F3N2O4/c1-24-15-12(17(18,19)20)6-10(8-22-15)9-2-3-11-13(26-16(21)23)4-5-25-14(11)7-9/h2-3,6-8,13H,4-5H2,1H3,(H2,21,23). The van der Waals surface area contributed by atoms with Crippen LogP contribution >= 0.6 is 0 Å². The number of carbonyl (C=O) groups is 1. The number of rotatable bonds is 3. The largest absolute Gasteiger partial charge is 0.493 e. The Morgan fingerprint density at radius 2 is 2.08 bits per heavy atom. The Morgan fingerprint density at radius 3 is 2.73 bits per heavy atom. The van der Waals surface area contributed by atoms with Gasteiger partial charge in [-0.3, -0.25) is 0 Å². The Labute approximate surface area is 146 Å². The topological polar surface area (TPSA) is 83.7 Å². The van der Waals surface area contributed by atoms with E-state index < -0.39 is 29.8 Å². The maximum absolute atomic E-state index is 13.2. The smallest absolute Gasteiger partial charge is 0.421 e. The van der Waals surface area contributed by atoms with Gasteiger partial charge in [0.1, 0.15) is 17.4 Å². The monoisotopic (exact) mass is 368 g/mol. The van der Waals surface area contributed by atoms with Crippen molar-refractivity contribution in [2.24, 2.45) is 5.73 Å². The van der Waals surface area contributed by atoms with Crippen molar-refractivity contribution in [3.8, 4) is 22.8 Å². The van der Waals surface area contributed by atoms with E-state index in [2.05, 4.69) is 9.72 Å². The summed E-state index contributed by atoms with van der Waals surface area (Å²) in [6.45, 7) is 0.295. The summed E-state index contributed by atoms with van der Waals surface area (Å²) >= 11 is 0. The van der Waals surface area contributed by atoms with Crippen molar-refractivity contribution >= 4 is 6.09 Å². The number of halogens is 3. The molecule has 1 aliphatic heterocycles. The molecule has 0 bridgehead atoms. The molecule has 6 nitrogen and oxygen atoms in total. The third-order valence-corrected chi connectivity index (χ3v) is 3.94. The van der Waals surface area contributed by atoms with Crippen molar-refractivity contribution in [3.05, 3.63) is 41.6 Å². The molecule has 9 heteroatoms. The van der Waals surface area contributed by atoms with Crippen LogP contribution in [0, 0.1) is 0 Å². The first-order valence-electron chi connectivity index (χ1n) is 7.64. The number of nitrogens with two attached hydrogens (primary N) is 1. The van der Waals surface area contributed by atoms with E-state index in [1.165, 1.54) is 6.20 Å². The van der Waals surface area contributed by atoms with Gasteiger partial charge in [0, 0.05) is 23.7 Å². The van der Waals surface area contributed by atoms with Gasteiger partial charge >= 0.3 is 12.3 Å². The number of aromatic nitrogens is 1. The van der Waals surface area contributed by atoms with E-state index in [4.69, 9.17) is 15.2 Å². The van der Waals surface area contributed by atoms with Crippen molar-refractivity contribution < 1.29 is 32.2 Å². The number of alkyl halides is 3. The average Bonchev–Trinajstić information content (AvgIpc) is 2.60. The van der Waals surface area contributed by atoms with Crippen molar-refractivity contribution in [2.75, 3.05) is 13.7 Å². The Kier molecular flexibility index (Phi) is 4.62. The van der Waals surface area contributed by atoms with Crippen LogP contribution < -0.4 is 15.2 Å². The molecule has 1 atom stereocenters. The van der Waals surface area contributed by atoms with E-state index in [1.54, 1.807) is 18.2 Å². The van der Waals surface area contributed by atoms with Gasteiger partial charge in [-0.2, -0.15) is 13.2 Å². The fourth-order valence-electron chi connectivity index (χ4n) is 2.77. The van der Waals surface area contributed by atoms with Gasteiger partial charge in [-0.25, -0.2) is 9.78 Å². The molecule has 2 aromatic rings. The van der Waals surface area contributed by atoms with E-state index in [0.717, 1.165) is 13.2 Å². The number of benzene rings is 1. The molecule has 0 fully saturated rings. The molecule has 138 valence electrons. The van der Waals surface area contributed by atoms with Gasteiger partial charge < -0.3 is 19.9 Å². The van der Waals surface area contributed by atoms with Crippen LogP contribution in [0.25, 0.3) is 11.1 Å². The Morgan fingerprint density at radius 1 is 1.31 bits per heavy atom. The minimum Gasteiger partial charge on any atom is -0.493 e. The van der Waals surface area contributed by atoms with Crippen molar-refractivity contribution in [1.82, 2.24) is 4.98 Å². The molecule has 26 heavy (non-hydrogen) atoms. The highest BCUT2D eigenvalue weighted by molar-refractivity contribution is 5.68. The zero-order valence-corrected chi connectivity index (χ0v) is 13.7. The molecule has 0 saturated carbocycles. The molecule has 0 aliphatic carbocycles. The number of amides is 1. The summed E-state index contributed by atoms with van der Waals surface area (Å²) in [7, 11) is 1.13. The van der Waals surface area contributed by atoms with E-state index in [1.807, 2.05) is 0 Å². The lowest BCUT2D eigenvalue weighted by molar-refractivity contribution is -0.139. The highest BCUT2D eigenvalue weighted by Crippen LogP contribution is 2.40. The van der Waals surface area contributed by atoms with Crippen LogP contribution in [-0.4, -0.2) is 24.8 Å². The van der Waals surface area contributed by atoms with Crippen LogP contribution in [0.15, 0.2) is 30.5 Å². The Bertz CT molecular complexity index is 839. The number of hydrogen-bond donors (Lipinski definition) is 1. The number of pyridine rings is 1. The summed E-state index contributed by atoms with van der Waals surface area (Å²) in [6.07, 6.45) is -4.32. The van der Waals surface area contributed by atoms with Gasteiger partial charge in [-0.15, -0.1) is 0 Å². The second kappa shape index (κ2) is 6.74. The first-order valence-corrected chi connectivity index (χ1v) is 7.64. The zero-order valence-electron chi connectivity index (χ0n) is 13.7. The molecular formula is C17H15F3N2O4. The van der Waals surface area contributed by atoms with E-state index in [0.29, 0.717) is 29.9 Å². The number of ether oxygens (including phenoxy) is 3. The van der Waals surface area contributed by atoms with Crippen LogP contribution in [0.4, 0.5) is 18.0 Å². The minimum absolute atomic E-state index is 0.252. The van der Waals surface area contributed by atoms with E-state index in [-0.39, 0.29) is 5.56 Å². The number of fused-ring (bicyclic) bond motifs is 1. The van der Waals surface area contributed by atoms with Gasteiger partial charge in [0.15, 0.2) is 0 Å². The average molecular weight is 368 g/mol. The second-order valence-corrected chi connectivity index (χ2v) is 5.59. The van der Waals surface area contributed by atoms with Gasteiger partial charge in [0.2, 0.25) is 5.88 Å². The fraction of sp³-hybridized carbons (Fsp3) is 0.294. The van der Waals surface area contributed by atoms with Gasteiger partial charge in [0.25, 0.3) is 0 Å². The van der Waals surface area contributed by atoms with Crippen LogP contribution in [0.1, 0.15) is 23.7 Å². The van der Waals surface area contributed by atoms with Crippen molar-refractivity contribution in [2.45, 2.75) is 18.7 Å². The summed E-state index contributed by atoms with van der Waals surface area (Å²) in [5.74, 6) is -0.0743. The maximum atomic E-state index is 13.2. The Balaban J connectivity index is 2.00. The molecule has 1 aromatic heterocycles. The number of primary amides is 1. The highest BCUT2D eigenvalue weighted by Gasteiger charge is 2.35. The molecular weight excluding hydrogens is 353 g/mol. The van der Waals surface area contributed by atoms with Gasteiger partial charge in [0.05, 0.1) is 13.7 Å². The quantitative estimate of drug-likeness (QED) is 0.893.